The number of nitrogens with zero attached hydrogens (tertiary/aromatic N) is 4. The smallest absolute Gasteiger partial charge is 0.332 e. The van der Waals surface area contributed by atoms with Crippen molar-refractivity contribution in [1.29, 1.82) is 0 Å². The molecule has 0 fully saturated rings. The summed E-state index contributed by atoms with van der Waals surface area (Å²) < 4.78 is 23.7. The summed E-state index contributed by atoms with van der Waals surface area (Å²) in [5, 5.41) is 9.74. The predicted molar refractivity (Wildman–Crippen MR) is 124 cm³/mol. The molecule has 0 saturated carbocycles. The second kappa shape index (κ2) is 9.54. The van der Waals surface area contributed by atoms with Gasteiger partial charge in [-0.25, -0.2) is 9.18 Å². The van der Waals surface area contributed by atoms with Crippen molar-refractivity contribution in [3.63, 3.8) is 0 Å². The van der Waals surface area contributed by atoms with Crippen LogP contribution in [0.1, 0.15) is 12.8 Å². The highest BCUT2D eigenvalue weighted by atomic mass is 35.5. The standard InChI is InChI=1S/C22H21Cl2FN4O4/c1-27-19-18(20(31)28(22(27)32)9-2-10-30)29(12-13-3-5-14(23)6-4-13)21(26-19)33-15-7-8-16(24)17(25)11-15/h3,5-8,11,13,30H,2,4,9-10,12H2,1H3. The molecule has 0 radical (unpaired) electrons. The number of aliphatic hydroxyl groups is 1. The highest BCUT2D eigenvalue weighted by Gasteiger charge is 2.23. The quantitative estimate of drug-likeness (QED) is 0.542. The van der Waals surface area contributed by atoms with E-state index in [1.165, 1.54) is 23.7 Å². The third-order valence-electron chi connectivity index (χ3n) is 5.40. The molecule has 33 heavy (non-hydrogen) atoms. The molecule has 3 aromatic rings. The maximum absolute atomic E-state index is 14.0. The third kappa shape index (κ3) is 4.62. The van der Waals surface area contributed by atoms with E-state index in [1.807, 2.05) is 12.2 Å². The van der Waals surface area contributed by atoms with Crippen molar-refractivity contribution in [2.24, 2.45) is 13.0 Å². The molecule has 8 nitrogen and oxygen atoms in total. The Morgan fingerprint density at radius 2 is 2.06 bits per heavy atom. The first-order valence-electron chi connectivity index (χ1n) is 10.3. The number of benzene rings is 1. The van der Waals surface area contributed by atoms with Crippen molar-refractivity contribution in [3.8, 4) is 11.8 Å². The van der Waals surface area contributed by atoms with Gasteiger partial charge in [-0.15, -0.1) is 0 Å². The molecule has 0 saturated heterocycles. The molecular formula is C22H21Cl2FN4O4. The van der Waals surface area contributed by atoms with E-state index in [1.54, 1.807) is 10.6 Å². The van der Waals surface area contributed by atoms with Gasteiger partial charge in [-0.1, -0.05) is 35.4 Å². The maximum Gasteiger partial charge on any atom is 0.332 e. The summed E-state index contributed by atoms with van der Waals surface area (Å²) in [7, 11) is 1.51. The number of aromatic nitrogens is 4. The van der Waals surface area contributed by atoms with E-state index in [0.717, 1.165) is 10.6 Å². The molecule has 2 aromatic heterocycles. The largest absolute Gasteiger partial charge is 0.425 e. The number of ether oxygens (including phenoxy) is 1. The summed E-state index contributed by atoms with van der Waals surface area (Å²) in [5.41, 5.74) is -0.780. The first-order chi connectivity index (χ1) is 15.8. The molecule has 1 atom stereocenters. The van der Waals surface area contributed by atoms with Crippen molar-refractivity contribution < 1.29 is 14.2 Å². The number of aryl methyl sites for hydroxylation is 1. The monoisotopic (exact) mass is 494 g/mol. The lowest BCUT2D eigenvalue weighted by atomic mass is 10.0. The molecule has 1 aliphatic carbocycles. The molecule has 1 unspecified atom stereocenters. The van der Waals surface area contributed by atoms with Crippen molar-refractivity contribution in [2.45, 2.75) is 25.9 Å². The van der Waals surface area contributed by atoms with Crippen LogP contribution in [0.25, 0.3) is 11.2 Å². The number of halogens is 3. The topological polar surface area (TPSA) is 91.3 Å². The molecule has 4 rings (SSSR count). The van der Waals surface area contributed by atoms with E-state index < -0.39 is 17.1 Å². The Labute approximate surface area is 197 Å². The molecular weight excluding hydrogens is 474 g/mol. The predicted octanol–water partition coefficient (Wildman–Crippen LogP) is 3.56. The molecule has 174 valence electrons. The number of allylic oxidation sites excluding steroid dienone is 4. The zero-order valence-corrected chi connectivity index (χ0v) is 19.2. The third-order valence-corrected chi connectivity index (χ3v) is 5.98. The normalized spacial score (nSPS) is 15.8. The summed E-state index contributed by atoms with van der Waals surface area (Å²) >= 11 is 11.8. The van der Waals surface area contributed by atoms with Gasteiger partial charge in [0.2, 0.25) is 0 Å². The summed E-state index contributed by atoms with van der Waals surface area (Å²) in [6, 6.07) is 3.99. The molecule has 1 N–H and O–H groups in total. The fourth-order valence-corrected chi connectivity index (χ4v) is 3.96. The highest BCUT2D eigenvalue weighted by Crippen LogP contribution is 2.29. The van der Waals surface area contributed by atoms with Crippen LogP contribution < -0.4 is 16.0 Å². The molecule has 1 aliphatic rings. The molecule has 11 heteroatoms. The molecule has 0 aliphatic heterocycles. The lowest BCUT2D eigenvalue weighted by Gasteiger charge is -2.17. The van der Waals surface area contributed by atoms with E-state index in [4.69, 9.17) is 33.0 Å². The lowest BCUT2D eigenvalue weighted by molar-refractivity contribution is 0.277. The van der Waals surface area contributed by atoms with Crippen molar-refractivity contribution in [1.82, 2.24) is 18.7 Å². The van der Waals surface area contributed by atoms with Gasteiger partial charge in [0, 0.05) is 37.8 Å². The number of fused-ring (bicyclic) bond motifs is 1. The van der Waals surface area contributed by atoms with Crippen LogP contribution in [0.3, 0.4) is 0 Å². The van der Waals surface area contributed by atoms with Gasteiger partial charge in [-0.05, 0) is 37.0 Å². The Bertz CT molecular complexity index is 1390. The second-order valence-corrected chi connectivity index (χ2v) is 8.52. The fraction of sp³-hybridized carbons (Fsp3) is 0.318. The van der Waals surface area contributed by atoms with Gasteiger partial charge in [-0.2, -0.15) is 4.98 Å². The zero-order valence-electron chi connectivity index (χ0n) is 17.7. The van der Waals surface area contributed by atoms with Crippen LogP contribution in [0.15, 0.2) is 51.0 Å². The van der Waals surface area contributed by atoms with Crippen LogP contribution in [0.4, 0.5) is 4.39 Å². The number of hydrogen-bond donors (Lipinski definition) is 1. The number of hydrogen-bond acceptors (Lipinski definition) is 5. The SMILES string of the molecule is Cn1c(=O)n(CCCO)c(=O)c2c1nc(Oc1ccc(Cl)c(F)c1)n2CC1C=CC(Cl)=CC1. The fourth-order valence-electron chi connectivity index (χ4n) is 3.68. The van der Waals surface area contributed by atoms with Crippen LogP contribution >= 0.6 is 23.2 Å². The van der Waals surface area contributed by atoms with E-state index >= 15 is 0 Å². The van der Waals surface area contributed by atoms with Gasteiger partial charge in [0.25, 0.3) is 5.56 Å². The van der Waals surface area contributed by atoms with E-state index in [2.05, 4.69) is 4.98 Å². The summed E-state index contributed by atoms with van der Waals surface area (Å²) in [6.07, 6.45) is 6.45. The minimum atomic E-state index is -0.662. The van der Waals surface area contributed by atoms with Gasteiger partial charge in [0.15, 0.2) is 11.2 Å². The summed E-state index contributed by atoms with van der Waals surface area (Å²) in [4.78, 5) is 30.5. The number of rotatable bonds is 7. The summed E-state index contributed by atoms with van der Waals surface area (Å²) in [5.74, 6) is -0.538. The van der Waals surface area contributed by atoms with Gasteiger partial charge >= 0.3 is 11.7 Å². The Morgan fingerprint density at radius 1 is 1.27 bits per heavy atom. The van der Waals surface area contributed by atoms with Crippen LogP contribution in [-0.4, -0.2) is 30.4 Å². The van der Waals surface area contributed by atoms with E-state index in [9.17, 15) is 14.0 Å². The van der Waals surface area contributed by atoms with Gasteiger partial charge in [0.05, 0.1) is 5.02 Å². The maximum atomic E-state index is 14.0. The number of aliphatic hydroxyl groups excluding tert-OH is 1. The van der Waals surface area contributed by atoms with Crippen molar-refractivity contribution in [2.75, 3.05) is 6.61 Å². The minimum absolute atomic E-state index is 0.0169. The zero-order chi connectivity index (χ0) is 23.7. The average molecular weight is 495 g/mol. The molecule has 0 spiro atoms. The lowest BCUT2D eigenvalue weighted by Crippen LogP contribution is -2.40. The van der Waals surface area contributed by atoms with Crippen LogP contribution in [0, 0.1) is 11.7 Å². The Kier molecular flexibility index (Phi) is 6.73. The first kappa shape index (κ1) is 23.3. The van der Waals surface area contributed by atoms with Crippen molar-refractivity contribution >= 4 is 34.4 Å². The first-order valence-corrected chi connectivity index (χ1v) is 11.0. The van der Waals surface area contributed by atoms with Gasteiger partial charge in [-0.3, -0.25) is 18.5 Å². The van der Waals surface area contributed by atoms with Crippen LogP contribution in [-0.2, 0) is 20.1 Å². The average Bonchev–Trinajstić information content (AvgIpc) is 3.14. The molecule has 0 bridgehead atoms. The molecule has 1 aromatic carbocycles. The van der Waals surface area contributed by atoms with Crippen LogP contribution in [0.5, 0.6) is 11.8 Å². The minimum Gasteiger partial charge on any atom is -0.425 e. The van der Waals surface area contributed by atoms with Gasteiger partial charge in [0.1, 0.15) is 11.6 Å². The second-order valence-electron chi connectivity index (χ2n) is 7.67. The van der Waals surface area contributed by atoms with E-state index in [-0.39, 0.29) is 53.4 Å². The Balaban J connectivity index is 1.88. The number of imidazole rings is 1. The summed E-state index contributed by atoms with van der Waals surface area (Å²) in [6.45, 7) is 0.208. The van der Waals surface area contributed by atoms with Gasteiger partial charge < -0.3 is 9.84 Å². The Hall–Kier alpha value is -2.88. The highest BCUT2D eigenvalue weighted by molar-refractivity contribution is 6.31. The Morgan fingerprint density at radius 3 is 2.73 bits per heavy atom. The van der Waals surface area contributed by atoms with E-state index in [0.29, 0.717) is 18.0 Å². The molecule has 2 heterocycles. The van der Waals surface area contributed by atoms with Crippen LogP contribution in [0.2, 0.25) is 5.02 Å². The van der Waals surface area contributed by atoms with Crippen molar-refractivity contribution in [3.05, 3.63) is 73.1 Å². The molecule has 0 amide bonds.